The van der Waals surface area contributed by atoms with Crippen LogP contribution in [0, 0.1) is 6.92 Å². The molecule has 218 valence electrons. The zero-order chi connectivity index (χ0) is 29.7. The van der Waals surface area contributed by atoms with Gasteiger partial charge in [0.1, 0.15) is 18.0 Å². The predicted octanol–water partition coefficient (Wildman–Crippen LogP) is 3.99. The molecule has 11 nitrogen and oxygen atoms in total. The molecule has 12 heteroatoms. The van der Waals surface area contributed by atoms with Gasteiger partial charge in [-0.15, -0.1) is 0 Å². The van der Waals surface area contributed by atoms with Crippen molar-refractivity contribution in [2.45, 2.75) is 24.7 Å². The second-order valence-electron chi connectivity index (χ2n) is 9.26. The van der Waals surface area contributed by atoms with E-state index in [1.807, 2.05) is 6.92 Å². The van der Waals surface area contributed by atoms with Crippen LogP contribution in [0.3, 0.4) is 0 Å². The van der Waals surface area contributed by atoms with Gasteiger partial charge in [0.15, 0.2) is 11.5 Å². The summed E-state index contributed by atoms with van der Waals surface area (Å²) in [6, 6.07) is 14.0. The molecule has 0 saturated carbocycles. The fourth-order valence-electron chi connectivity index (χ4n) is 4.67. The Labute approximate surface area is 239 Å². The Hall–Kier alpha value is -4.45. The molecule has 0 bridgehead atoms. The third-order valence-corrected chi connectivity index (χ3v) is 8.49. The van der Waals surface area contributed by atoms with Crippen molar-refractivity contribution in [2.75, 3.05) is 56.1 Å². The van der Waals surface area contributed by atoms with Crippen molar-refractivity contribution >= 4 is 38.9 Å². The lowest BCUT2D eigenvalue weighted by molar-refractivity contribution is -0.117. The number of sulfonamides is 1. The van der Waals surface area contributed by atoms with Crippen LogP contribution in [0.15, 0.2) is 59.5 Å². The van der Waals surface area contributed by atoms with Gasteiger partial charge in [-0.3, -0.25) is 13.9 Å². The van der Waals surface area contributed by atoms with Gasteiger partial charge < -0.3 is 29.2 Å². The number of hydrogen-bond acceptors (Lipinski definition) is 8. The lowest BCUT2D eigenvalue weighted by Crippen LogP contribution is -2.38. The molecular formula is C29H33N3O8S. The Bertz CT molecular complexity index is 1560. The highest BCUT2D eigenvalue weighted by atomic mass is 32.2. The molecule has 0 radical (unpaired) electrons. The first kappa shape index (κ1) is 29.5. The van der Waals surface area contributed by atoms with Gasteiger partial charge in [0.2, 0.25) is 11.8 Å². The van der Waals surface area contributed by atoms with Gasteiger partial charge in [-0.2, -0.15) is 0 Å². The van der Waals surface area contributed by atoms with E-state index in [0.29, 0.717) is 30.2 Å². The van der Waals surface area contributed by atoms with Gasteiger partial charge in [-0.1, -0.05) is 0 Å². The third kappa shape index (κ3) is 6.17. The molecular weight excluding hydrogens is 550 g/mol. The second-order valence-corrected chi connectivity index (χ2v) is 11.1. The first-order chi connectivity index (χ1) is 19.6. The predicted molar refractivity (Wildman–Crippen MR) is 155 cm³/mol. The zero-order valence-corrected chi connectivity index (χ0v) is 24.4. The van der Waals surface area contributed by atoms with E-state index in [4.69, 9.17) is 18.9 Å². The van der Waals surface area contributed by atoms with E-state index < -0.39 is 22.5 Å². The Morgan fingerprint density at radius 1 is 0.902 bits per heavy atom. The number of rotatable bonds is 11. The largest absolute Gasteiger partial charge is 0.497 e. The van der Waals surface area contributed by atoms with Crippen LogP contribution < -0.4 is 33.5 Å². The molecule has 41 heavy (non-hydrogen) atoms. The first-order valence-electron chi connectivity index (χ1n) is 12.8. The number of aryl methyl sites for hydroxylation is 1. The minimum atomic E-state index is -4.33. The average molecular weight is 584 g/mol. The number of benzene rings is 3. The summed E-state index contributed by atoms with van der Waals surface area (Å²) in [6.45, 7) is 1.92. The topological polar surface area (TPSA) is 124 Å². The fraction of sp³-hybridized carbons (Fsp3) is 0.310. The van der Waals surface area contributed by atoms with Crippen molar-refractivity contribution in [2.24, 2.45) is 0 Å². The summed E-state index contributed by atoms with van der Waals surface area (Å²) in [5, 5.41) is 2.78. The van der Waals surface area contributed by atoms with Crippen LogP contribution in [0.4, 0.5) is 17.1 Å². The second kappa shape index (κ2) is 12.4. The monoisotopic (exact) mass is 583 g/mol. The van der Waals surface area contributed by atoms with Crippen molar-refractivity contribution in [3.63, 3.8) is 0 Å². The summed E-state index contributed by atoms with van der Waals surface area (Å²) in [6.07, 6.45) is 1.31. The van der Waals surface area contributed by atoms with Gasteiger partial charge >= 0.3 is 0 Å². The van der Waals surface area contributed by atoms with E-state index in [1.165, 1.54) is 52.7 Å². The molecule has 0 unspecified atom stereocenters. The minimum Gasteiger partial charge on any atom is -0.497 e. The van der Waals surface area contributed by atoms with Crippen LogP contribution in [-0.2, 0) is 19.6 Å². The molecule has 1 aliphatic rings. The van der Waals surface area contributed by atoms with Crippen LogP contribution in [0.2, 0.25) is 0 Å². The van der Waals surface area contributed by atoms with E-state index >= 15 is 0 Å². The van der Waals surface area contributed by atoms with E-state index in [0.717, 1.165) is 22.0 Å². The van der Waals surface area contributed by atoms with Crippen molar-refractivity contribution in [1.29, 1.82) is 0 Å². The maximum Gasteiger partial charge on any atom is 0.265 e. The van der Waals surface area contributed by atoms with E-state index in [1.54, 1.807) is 35.2 Å². The standard InChI is InChI=1S/C29H33N3O8S/c1-19-15-20(8-11-23(19)31-14-6-7-29(31)34)30-28(33)18-32(24-16-21(37-2)9-12-25(24)38-3)41(35,36)22-10-13-26(39-4)27(17-22)40-5/h8-13,15-17H,6-7,14,18H2,1-5H3,(H,30,33). The van der Waals surface area contributed by atoms with E-state index in [9.17, 15) is 18.0 Å². The molecule has 2 amide bonds. The number of methoxy groups -OCH3 is 4. The van der Waals surface area contributed by atoms with Gasteiger partial charge in [0.25, 0.3) is 10.0 Å². The smallest absolute Gasteiger partial charge is 0.265 e. The number of carbonyl (C=O) groups is 2. The SMILES string of the molecule is COc1ccc(OC)c(N(CC(=O)Nc2ccc(N3CCCC3=O)c(C)c2)S(=O)(=O)c2ccc(OC)c(OC)c2)c1. The Morgan fingerprint density at radius 3 is 2.22 bits per heavy atom. The fourth-order valence-corrected chi connectivity index (χ4v) is 6.10. The van der Waals surface area contributed by atoms with Gasteiger partial charge in [-0.25, -0.2) is 8.42 Å². The molecule has 1 saturated heterocycles. The quantitative estimate of drug-likeness (QED) is 0.360. The van der Waals surface area contributed by atoms with Crippen LogP contribution in [-0.4, -0.2) is 61.8 Å². The van der Waals surface area contributed by atoms with Crippen LogP contribution >= 0.6 is 0 Å². The normalized spacial score (nSPS) is 13.1. The molecule has 0 aromatic heterocycles. The van der Waals surface area contributed by atoms with Crippen molar-refractivity contribution in [1.82, 2.24) is 0 Å². The van der Waals surface area contributed by atoms with Gasteiger partial charge in [-0.05, 0) is 61.4 Å². The summed E-state index contributed by atoms with van der Waals surface area (Å²) in [5.41, 5.74) is 2.16. The van der Waals surface area contributed by atoms with Gasteiger partial charge in [0.05, 0.1) is 39.0 Å². The maximum absolute atomic E-state index is 14.0. The molecule has 1 N–H and O–H groups in total. The van der Waals surface area contributed by atoms with E-state index in [-0.39, 0.29) is 28.0 Å². The number of ether oxygens (including phenoxy) is 4. The molecule has 1 fully saturated rings. The molecule has 0 aliphatic carbocycles. The molecule has 0 spiro atoms. The molecule has 1 aliphatic heterocycles. The Balaban J connectivity index is 1.70. The van der Waals surface area contributed by atoms with Crippen LogP contribution in [0.5, 0.6) is 23.0 Å². The Morgan fingerprint density at radius 2 is 1.61 bits per heavy atom. The molecule has 1 heterocycles. The van der Waals surface area contributed by atoms with E-state index in [2.05, 4.69) is 5.32 Å². The number of carbonyl (C=O) groups excluding carboxylic acids is 2. The summed E-state index contributed by atoms with van der Waals surface area (Å²) in [7, 11) is 1.37. The summed E-state index contributed by atoms with van der Waals surface area (Å²) >= 11 is 0. The molecule has 0 atom stereocenters. The summed E-state index contributed by atoms with van der Waals surface area (Å²) in [4.78, 5) is 27.2. The van der Waals surface area contributed by atoms with Crippen molar-refractivity contribution < 1.29 is 37.0 Å². The number of anilines is 3. The average Bonchev–Trinajstić information content (AvgIpc) is 3.40. The molecule has 3 aromatic carbocycles. The minimum absolute atomic E-state index is 0.0631. The van der Waals surface area contributed by atoms with Crippen molar-refractivity contribution in [3.05, 3.63) is 60.2 Å². The van der Waals surface area contributed by atoms with Crippen molar-refractivity contribution in [3.8, 4) is 23.0 Å². The van der Waals surface area contributed by atoms with Crippen LogP contribution in [0.25, 0.3) is 0 Å². The lowest BCUT2D eigenvalue weighted by atomic mass is 10.1. The van der Waals surface area contributed by atoms with Crippen LogP contribution in [0.1, 0.15) is 18.4 Å². The molecule has 3 aromatic rings. The highest BCUT2D eigenvalue weighted by molar-refractivity contribution is 7.92. The summed E-state index contributed by atoms with van der Waals surface area (Å²) < 4.78 is 50.4. The highest BCUT2D eigenvalue weighted by Crippen LogP contribution is 2.37. The first-order valence-corrected chi connectivity index (χ1v) is 14.2. The number of hydrogen-bond donors (Lipinski definition) is 1. The van der Waals surface area contributed by atoms with Gasteiger partial charge in [0, 0.05) is 36.5 Å². The highest BCUT2D eigenvalue weighted by Gasteiger charge is 2.31. The lowest BCUT2D eigenvalue weighted by Gasteiger charge is -2.26. The zero-order valence-electron chi connectivity index (χ0n) is 23.6. The maximum atomic E-state index is 14.0. The number of nitrogens with zero attached hydrogens (tertiary/aromatic N) is 2. The number of nitrogens with one attached hydrogen (secondary N) is 1. The third-order valence-electron chi connectivity index (χ3n) is 6.73. The molecule has 4 rings (SSSR count). The Kier molecular flexibility index (Phi) is 8.92. The summed E-state index contributed by atoms with van der Waals surface area (Å²) in [5.74, 6) is 0.623. The number of amides is 2.